The van der Waals surface area contributed by atoms with Crippen LogP contribution >= 0.6 is 50.1 Å². The van der Waals surface area contributed by atoms with Gasteiger partial charge in [-0.15, -0.1) is 11.6 Å². The smallest absolute Gasteiger partial charge is 0.293 e. The lowest BCUT2D eigenvalue weighted by Crippen LogP contribution is -2.12. The molecule has 0 aliphatic rings. The number of ketones is 1. The first-order valence-electron chi connectivity index (χ1n) is 3.93. The molecule has 0 radical (unpaired) electrons. The standard InChI is InChI=1S/C9H4BrClF3IO/c10-8-4(6(16)3-11)1-2-5(15)7(8)9(12,13)14/h1-2H,3H2. The highest BCUT2D eigenvalue weighted by Crippen LogP contribution is 2.39. The summed E-state index contributed by atoms with van der Waals surface area (Å²) in [6.07, 6.45) is -4.50. The number of carbonyl (C=O) groups excluding carboxylic acids is 1. The fourth-order valence-electron chi connectivity index (χ4n) is 1.10. The molecule has 0 aliphatic heterocycles. The van der Waals surface area contributed by atoms with Crippen molar-refractivity contribution in [2.45, 2.75) is 6.18 Å². The van der Waals surface area contributed by atoms with Gasteiger partial charge < -0.3 is 0 Å². The molecule has 0 spiro atoms. The Hall–Kier alpha value is 0.180. The minimum absolute atomic E-state index is 0.0306. The van der Waals surface area contributed by atoms with Crippen LogP contribution < -0.4 is 0 Å². The summed E-state index contributed by atoms with van der Waals surface area (Å²) in [4.78, 5) is 11.3. The fourth-order valence-corrected chi connectivity index (χ4v) is 3.16. The Balaban J connectivity index is 3.45. The number of hydrogen-bond acceptors (Lipinski definition) is 1. The van der Waals surface area contributed by atoms with Crippen LogP contribution in [0.2, 0.25) is 0 Å². The molecule has 0 amide bonds. The fraction of sp³-hybridized carbons (Fsp3) is 0.222. The molecule has 0 saturated carbocycles. The van der Waals surface area contributed by atoms with Crippen molar-refractivity contribution >= 4 is 55.9 Å². The monoisotopic (exact) mass is 426 g/mol. The van der Waals surface area contributed by atoms with Gasteiger partial charge in [-0.25, -0.2) is 0 Å². The summed E-state index contributed by atoms with van der Waals surface area (Å²) in [6, 6.07) is 2.57. The second-order valence-corrected chi connectivity index (χ2v) is 5.06. The summed E-state index contributed by atoms with van der Waals surface area (Å²) >= 11 is 9.69. The summed E-state index contributed by atoms with van der Waals surface area (Å²) in [6.45, 7) is 0. The summed E-state index contributed by atoms with van der Waals surface area (Å²) in [7, 11) is 0. The molecule has 16 heavy (non-hydrogen) atoms. The van der Waals surface area contributed by atoms with Crippen LogP contribution in [0.3, 0.4) is 0 Å². The second-order valence-electron chi connectivity index (χ2n) is 2.84. The first-order valence-corrected chi connectivity index (χ1v) is 6.34. The van der Waals surface area contributed by atoms with Crippen LogP contribution in [0.5, 0.6) is 0 Å². The van der Waals surface area contributed by atoms with E-state index in [1.165, 1.54) is 12.1 Å². The average molecular weight is 427 g/mol. The molecular formula is C9H4BrClF3IO. The van der Waals surface area contributed by atoms with Crippen molar-refractivity contribution in [3.63, 3.8) is 0 Å². The minimum atomic E-state index is -4.50. The number of Topliss-reactive ketones (excluding diaryl/α,β-unsaturated/α-hetero) is 1. The van der Waals surface area contributed by atoms with Crippen molar-refractivity contribution in [2.75, 3.05) is 5.88 Å². The van der Waals surface area contributed by atoms with E-state index in [4.69, 9.17) is 11.6 Å². The predicted octanol–water partition coefficient (Wildman–Crippen LogP) is 4.49. The van der Waals surface area contributed by atoms with Gasteiger partial charge >= 0.3 is 6.18 Å². The molecule has 0 saturated heterocycles. The van der Waals surface area contributed by atoms with Gasteiger partial charge in [0.25, 0.3) is 0 Å². The van der Waals surface area contributed by atoms with E-state index in [0.29, 0.717) is 0 Å². The molecule has 0 heterocycles. The highest BCUT2D eigenvalue weighted by atomic mass is 127. The number of carbonyl (C=O) groups is 1. The molecule has 0 N–H and O–H groups in total. The molecule has 0 unspecified atom stereocenters. The van der Waals surface area contributed by atoms with E-state index in [0.717, 1.165) is 0 Å². The number of halogens is 6. The van der Waals surface area contributed by atoms with Crippen molar-refractivity contribution in [1.82, 2.24) is 0 Å². The number of hydrogen-bond donors (Lipinski definition) is 0. The normalized spacial score (nSPS) is 11.6. The lowest BCUT2D eigenvalue weighted by molar-refractivity contribution is -0.138. The molecule has 0 aliphatic carbocycles. The van der Waals surface area contributed by atoms with E-state index in [9.17, 15) is 18.0 Å². The quantitative estimate of drug-likeness (QED) is 0.386. The van der Waals surface area contributed by atoms with Crippen molar-refractivity contribution in [1.29, 1.82) is 0 Å². The highest BCUT2D eigenvalue weighted by Gasteiger charge is 2.36. The first-order chi connectivity index (χ1) is 7.29. The summed E-state index contributed by atoms with van der Waals surface area (Å²) in [5, 5.41) is 0. The van der Waals surface area contributed by atoms with Crippen LogP contribution in [0.1, 0.15) is 15.9 Å². The molecular weight excluding hydrogens is 423 g/mol. The average Bonchev–Trinajstić information content (AvgIpc) is 2.14. The molecule has 1 nitrogen and oxygen atoms in total. The zero-order valence-corrected chi connectivity index (χ0v) is 12.0. The van der Waals surface area contributed by atoms with Crippen molar-refractivity contribution < 1.29 is 18.0 Å². The maximum atomic E-state index is 12.7. The number of benzene rings is 1. The van der Waals surface area contributed by atoms with E-state index in [2.05, 4.69) is 15.9 Å². The van der Waals surface area contributed by atoms with Crippen LogP contribution in [-0.2, 0) is 6.18 Å². The Kier molecular flexibility index (Phi) is 4.65. The van der Waals surface area contributed by atoms with Gasteiger partial charge in [-0.05, 0) is 50.7 Å². The zero-order valence-electron chi connectivity index (χ0n) is 7.54. The van der Waals surface area contributed by atoms with Crippen molar-refractivity contribution in [2.24, 2.45) is 0 Å². The van der Waals surface area contributed by atoms with E-state index >= 15 is 0 Å². The van der Waals surface area contributed by atoms with Crippen LogP contribution in [0, 0.1) is 3.57 Å². The Labute approximate surface area is 117 Å². The molecule has 0 bridgehead atoms. The van der Waals surface area contributed by atoms with Gasteiger partial charge in [-0.2, -0.15) is 13.2 Å². The molecule has 0 fully saturated rings. The van der Waals surface area contributed by atoms with E-state index in [1.54, 1.807) is 22.6 Å². The third-order valence-corrected chi connectivity index (χ3v) is 3.76. The van der Waals surface area contributed by atoms with Crippen molar-refractivity contribution in [3.8, 4) is 0 Å². The third kappa shape index (κ3) is 2.89. The zero-order chi connectivity index (χ0) is 12.5. The van der Waals surface area contributed by atoms with E-state index in [1.807, 2.05) is 0 Å². The summed E-state index contributed by atoms with van der Waals surface area (Å²) in [5.74, 6) is -0.897. The number of alkyl halides is 4. The largest absolute Gasteiger partial charge is 0.418 e. The van der Waals surface area contributed by atoms with Gasteiger partial charge in [0.1, 0.15) is 0 Å². The van der Waals surface area contributed by atoms with E-state index in [-0.39, 0.29) is 19.5 Å². The first kappa shape index (κ1) is 14.2. The molecule has 1 aromatic carbocycles. The number of rotatable bonds is 2. The Bertz CT molecular complexity index is 433. The van der Waals surface area contributed by atoms with Crippen LogP contribution in [0.25, 0.3) is 0 Å². The van der Waals surface area contributed by atoms with Gasteiger partial charge in [0.05, 0.1) is 11.4 Å². The van der Waals surface area contributed by atoms with Gasteiger partial charge in [0.2, 0.25) is 0 Å². The lowest BCUT2D eigenvalue weighted by Gasteiger charge is -2.13. The van der Waals surface area contributed by atoms with Gasteiger partial charge in [-0.1, -0.05) is 0 Å². The van der Waals surface area contributed by atoms with Gasteiger partial charge in [0.15, 0.2) is 5.78 Å². The molecule has 0 atom stereocenters. The van der Waals surface area contributed by atoms with Crippen molar-refractivity contribution in [3.05, 3.63) is 31.3 Å². The van der Waals surface area contributed by atoms with Crippen LogP contribution in [-0.4, -0.2) is 11.7 Å². The Morgan fingerprint density at radius 2 is 2.00 bits per heavy atom. The third-order valence-electron chi connectivity index (χ3n) is 1.80. The molecule has 1 aromatic rings. The van der Waals surface area contributed by atoms with Gasteiger partial charge in [-0.3, -0.25) is 4.79 Å². The highest BCUT2D eigenvalue weighted by molar-refractivity contribution is 14.1. The topological polar surface area (TPSA) is 17.1 Å². The minimum Gasteiger partial charge on any atom is -0.293 e. The summed E-state index contributed by atoms with van der Waals surface area (Å²) in [5.41, 5.74) is -0.896. The molecule has 0 aromatic heterocycles. The SMILES string of the molecule is O=C(CCl)c1ccc(I)c(C(F)(F)F)c1Br. The van der Waals surface area contributed by atoms with Crippen LogP contribution in [0.4, 0.5) is 13.2 Å². The maximum Gasteiger partial charge on any atom is 0.418 e. The maximum absolute atomic E-state index is 12.7. The van der Waals surface area contributed by atoms with Gasteiger partial charge in [0, 0.05) is 13.6 Å². The summed E-state index contributed by atoms with van der Waals surface area (Å²) < 4.78 is 37.8. The second kappa shape index (κ2) is 5.22. The molecule has 88 valence electrons. The Morgan fingerprint density at radius 1 is 1.44 bits per heavy atom. The molecule has 7 heteroatoms. The lowest BCUT2D eigenvalue weighted by atomic mass is 10.1. The molecule has 1 rings (SSSR count). The van der Waals surface area contributed by atoms with E-state index < -0.39 is 17.5 Å². The van der Waals surface area contributed by atoms with Crippen LogP contribution in [0.15, 0.2) is 16.6 Å². The predicted molar refractivity (Wildman–Crippen MR) is 66.9 cm³/mol. The Morgan fingerprint density at radius 3 is 2.44 bits per heavy atom.